The minimum Gasteiger partial charge on any atom is -0.390 e. The summed E-state index contributed by atoms with van der Waals surface area (Å²) >= 11 is 0. The number of ether oxygens (including phenoxy) is 1. The number of pyridine rings is 1. The maximum Gasteiger partial charge on any atom is 0.0839 e. The lowest BCUT2D eigenvalue weighted by molar-refractivity contribution is -0.0208. The Morgan fingerprint density at radius 2 is 2.36 bits per heavy atom. The van der Waals surface area contributed by atoms with Gasteiger partial charge in [-0.2, -0.15) is 0 Å². The minimum absolute atomic E-state index is 0.125. The maximum absolute atomic E-state index is 9.75. The molecule has 0 aliphatic rings. The van der Waals surface area contributed by atoms with Gasteiger partial charge < -0.3 is 9.84 Å². The summed E-state index contributed by atoms with van der Waals surface area (Å²) in [5.74, 6) is 0. The summed E-state index contributed by atoms with van der Waals surface area (Å²) in [4.78, 5) is 3.99. The van der Waals surface area contributed by atoms with Gasteiger partial charge in [0.2, 0.25) is 0 Å². The van der Waals surface area contributed by atoms with Gasteiger partial charge in [0.05, 0.1) is 12.2 Å². The highest BCUT2D eigenvalue weighted by Gasteiger charge is 2.14. The highest BCUT2D eigenvalue weighted by atomic mass is 16.5. The first-order valence-corrected chi connectivity index (χ1v) is 4.92. The van der Waals surface area contributed by atoms with Gasteiger partial charge >= 0.3 is 0 Å². The van der Waals surface area contributed by atoms with Crippen molar-refractivity contribution in [2.75, 3.05) is 6.61 Å². The molecule has 0 aromatic carbocycles. The molecule has 78 valence electrons. The van der Waals surface area contributed by atoms with Crippen molar-refractivity contribution in [3.63, 3.8) is 0 Å². The van der Waals surface area contributed by atoms with E-state index in [1.165, 1.54) is 0 Å². The number of aromatic nitrogens is 1. The van der Waals surface area contributed by atoms with Gasteiger partial charge in [-0.05, 0) is 25.5 Å². The van der Waals surface area contributed by atoms with Gasteiger partial charge in [-0.25, -0.2) is 0 Å². The van der Waals surface area contributed by atoms with E-state index in [9.17, 15) is 5.11 Å². The average Bonchev–Trinajstić information content (AvgIpc) is 2.19. The maximum atomic E-state index is 9.75. The molecule has 1 rings (SSSR count). The Bertz CT molecular complexity index is 251. The molecule has 0 aliphatic heterocycles. The second-order valence-electron chi connectivity index (χ2n) is 3.29. The Labute approximate surface area is 84.7 Å². The van der Waals surface area contributed by atoms with Crippen LogP contribution in [0.2, 0.25) is 0 Å². The van der Waals surface area contributed by atoms with E-state index in [1.54, 1.807) is 12.4 Å². The molecule has 1 N–H and O–H groups in total. The van der Waals surface area contributed by atoms with Gasteiger partial charge in [0.25, 0.3) is 0 Å². The summed E-state index contributed by atoms with van der Waals surface area (Å²) < 4.78 is 5.31. The Morgan fingerprint density at radius 1 is 1.57 bits per heavy atom. The molecule has 3 heteroatoms. The molecule has 1 aromatic rings. The van der Waals surface area contributed by atoms with Gasteiger partial charge in [-0.1, -0.05) is 6.07 Å². The van der Waals surface area contributed by atoms with Crippen molar-refractivity contribution in [1.82, 2.24) is 4.98 Å². The molecule has 0 aliphatic carbocycles. The molecule has 0 radical (unpaired) electrons. The van der Waals surface area contributed by atoms with Crippen LogP contribution in [0, 0.1) is 0 Å². The lowest BCUT2D eigenvalue weighted by atomic mass is 10.1. The van der Waals surface area contributed by atoms with Crippen molar-refractivity contribution in [3.8, 4) is 0 Å². The zero-order valence-corrected chi connectivity index (χ0v) is 8.68. The lowest BCUT2D eigenvalue weighted by Gasteiger charge is -2.18. The van der Waals surface area contributed by atoms with Crippen LogP contribution in [-0.2, 0) is 11.2 Å². The molecule has 0 saturated heterocycles. The predicted molar refractivity (Wildman–Crippen MR) is 55.0 cm³/mol. The minimum atomic E-state index is -0.459. The predicted octanol–water partition coefficient (Wildman–Crippen LogP) is 1.41. The van der Waals surface area contributed by atoms with Crippen LogP contribution in [0.5, 0.6) is 0 Å². The van der Waals surface area contributed by atoms with Crippen molar-refractivity contribution >= 4 is 0 Å². The van der Waals surface area contributed by atoms with Crippen molar-refractivity contribution < 1.29 is 9.84 Å². The van der Waals surface area contributed by atoms with E-state index in [-0.39, 0.29) is 6.10 Å². The Morgan fingerprint density at radius 3 is 2.93 bits per heavy atom. The average molecular weight is 195 g/mol. The smallest absolute Gasteiger partial charge is 0.0839 e. The third kappa shape index (κ3) is 3.44. The summed E-state index contributed by atoms with van der Waals surface area (Å²) in [6.07, 6.45) is 3.50. The number of aliphatic hydroxyl groups is 1. The van der Waals surface area contributed by atoms with Crippen LogP contribution in [0.15, 0.2) is 24.5 Å². The number of aliphatic hydroxyl groups excluding tert-OH is 1. The standard InChI is InChI=1S/C11H17NO2/c1-3-14-9(2)11(13)7-10-5-4-6-12-8-10/h4-6,8-9,11,13H,3,7H2,1-2H3. The summed E-state index contributed by atoms with van der Waals surface area (Å²) in [6.45, 7) is 4.43. The van der Waals surface area contributed by atoms with E-state index in [0.717, 1.165) is 5.56 Å². The number of nitrogens with zero attached hydrogens (tertiary/aromatic N) is 1. The van der Waals surface area contributed by atoms with Crippen molar-refractivity contribution in [2.24, 2.45) is 0 Å². The molecule has 2 unspecified atom stereocenters. The van der Waals surface area contributed by atoms with Crippen LogP contribution >= 0.6 is 0 Å². The lowest BCUT2D eigenvalue weighted by Crippen LogP contribution is -2.28. The van der Waals surface area contributed by atoms with Crippen LogP contribution in [0.25, 0.3) is 0 Å². The highest BCUT2D eigenvalue weighted by molar-refractivity contribution is 5.09. The molecule has 2 atom stereocenters. The third-order valence-electron chi connectivity index (χ3n) is 2.14. The molecular weight excluding hydrogens is 178 g/mol. The molecule has 0 saturated carbocycles. The molecule has 0 fully saturated rings. The molecule has 0 spiro atoms. The molecule has 0 amide bonds. The first-order chi connectivity index (χ1) is 6.74. The fourth-order valence-electron chi connectivity index (χ4n) is 1.30. The van der Waals surface area contributed by atoms with Crippen LogP contribution < -0.4 is 0 Å². The van der Waals surface area contributed by atoms with Crippen molar-refractivity contribution in [3.05, 3.63) is 30.1 Å². The normalized spacial score (nSPS) is 15.1. The molecular formula is C11H17NO2. The molecule has 14 heavy (non-hydrogen) atoms. The van der Waals surface area contributed by atoms with Gasteiger partial charge in [-0.3, -0.25) is 4.98 Å². The first-order valence-electron chi connectivity index (χ1n) is 4.92. The Kier molecular flexibility index (Phi) is 4.56. The van der Waals surface area contributed by atoms with Gasteiger partial charge in [0.1, 0.15) is 0 Å². The van der Waals surface area contributed by atoms with Crippen LogP contribution in [0.1, 0.15) is 19.4 Å². The fourth-order valence-corrected chi connectivity index (χ4v) is 1.30. The van der Waals surface area contributed by atoms with E-state index < -0.39 is 6.10 Å². The van der Waals surface area contributed by atoms with Crippen LogP contribution in [-0.4, -0.2) is 28.9 Å². The highest BCUT2D eigenvalue weighted by Crippen LogP contribution is 2.06. The zero-order chi connectivity index (χ0) is 10.4. The first kappa shape index (κ1) is 11.1. The van der Waals surface area contributed by atoms with Crippen molar-refractivity contribution in [2.45, 2.75) is 32.5 Å². The largest absolute Gasteiger partial charge is 0.390 e. The van der Waals surface area contributed by atoms with Crippen LogP contribution in [0.3, 0.4) is 0 Å². The van der Waals surface area contributed by atoms with E-state index in [2.05, 4.69) is 4.98 Å². The Balaban J connectivity index is 2.44. The second kappa shape index (κ2) is 5.73. The van der Waals surface area contributed by atoms with Gasteiger partial charge in [0, 0.05) is 25.4 Å². The summed E-state index contributed by atoms with van der Waals surface area (Å²) in [5.41, 5.74) is 1.03. The Hall–Kier alpha value is -0.930. The topological polar surface area (TPSA) is 42.4 Å². The second-order valence-corrected chi connectivity index (χ2v) is 3.29. The number of hydrogen-bond donors (Lipinski definition) is 1. The van der Waals surface area contributed by atoms with Gasteiger partial charge in [0.15, 0.2) is 0 Å². The molecule has 1 aromatic heterocycles. The fraction of sp³-hybridized carbons (Fsp3) is 0.545. The van der Waals surface area contributed by atoms with Crippen LogP contribution in [0.4, 0.5) is 0 Å². The quantitative estimate of drug-likeness (QED) is 0.772. The van der Waals surface area contributed by atoms with E-state index in [0.29, 0.717) is 13.0 Å². The zero-order valence-electron chi connectivity index (χ0n) is 8.68. The molecule has 0 bridgehead atoms. The number of rotatable bonds is 5. The third-order valence-corrected chi connectivity index (χ3v) is 2.14. The van der Waals surface area contributed by atoms with Gasteiger partial charge in [-0.15, -0.1) is 0 Å². The SMILES string of the molecule is CCOC(C)C(O)Cc1cccnc1. The summed E-state index contributed by atoms with van der Waals surface area (Å²) in [6, 6.07) is 3.82. The summed E-state index contributed by atoms with van der Waals surface area (Å²) in [7, 11) is 0. The van der Waals surface area contributed by atoms with E-state index in [1.807, 2.05) is 26.0 Å². The van der Waals surface area contributed by atoms with E-state index >= 15 is 0 Å². The summed E-state index contributed by atoms with van der Waals surface area (Å²) in [5, 5.41) is 9.75. The van der Waals surface area contributed by atoms with Crippen molar-refractivity contribution in [1.29, 1.82) is 0 Å². The number of hydrogen-bond acceptors (Lipinski definition) is 3. The van der Waals surface area contributed by atoms with E-state index in [4.69, 9.17) is 4.74 Å². The molecule has 3 nitrogen and oxygen atoms in total. The monoisotopic (exact) mass is 195 g/mol. The molecule has 1 heterocycles.